The fourth-order valence-corrected chi connectivity index (χ4v) is 2.39. The molecule has 0 unspecified atom stereocenters. The first kappa shape index (κ1) is 11.7. The van der Waals surface area contributed by atoms with Gasteiger partial charge in [0.25, 0.3) is 0 Å². The molecule has 16 heavy (non-hydrogen) atoms. The fourth-order valence-electron chi connectivity index (χ4n) is 2.39. The minimum Gasteiger partial charge on any atom is -0.365 e. The van der Waals surface area contributed by atoms with Crippen LogP contribution in [-0.2, 0) is 6.42 Å². The Balaban J connectivity index is 1.86. The zero-order valence-electron chi connectivity index (χ0n) is 10.4. The van der Waals surface area contributed by atoms with Crippen LogP contribution in [0.15, 0.2) is 18.3 Å². The van der Waals surface area contributed by atoms with Gasteiger partial charge in [-0.2, -0.15) is 0 Å². The second-order valence-corrected chi connectivity index (χ2v) is 5.24. The highest BCUT2D eigenvalue weighted by Gasteiger charge is 2.27. The van der Waals surface area contributed by atoms with Crippen molar-refractivity contribution in [3.05, 3.63) is 24.0 Å². The van der Waals surface area contributed by atoms with Crippen LogP contribution >= 0.6 is 0 Å². The third kappa shape index (κ3) is 2.86. The smallest absolute Gasteiger partial charge is 0.0158 e. The van der Waals surface area contributed by atoms with Gasteiger partial charge in [-0.1, -0.05) is 0 Å². The van der Waals surface area contributed by atoms with Crippen LogP contribution in [0.25, 0.3) is 0 Å². The average Bonchev–Trinajstić information content (AvgIpc) is 2.81. The Morgan fingerprint density at radius 2 is 2.06 bits per heavy atom. The summed E-state index contributed by atoms with van der Waals surface area (Å²) in [6.45, 7) is 9.34. The molecule has 1 fully saturated rings. The number of nitrogens with zero attached hydrogens (tertiary/aromatic N) is 1. The van der Waals surface area contributed by atoms with Gasteiger partial charge in [0.2, 0.25) is 0 Å². The number of aromatic amines is 1. The largest absolute Gasteiger partial charge is 0.365 e. The standard InChI is InChI=1S/C13H23N3/c1-13(2,16-10-8-14-9-11-16)6-5-12-4-3-7-15-12/h3-4,7,14-15H,5-6,8-11H2,1-2H3. The maximum absolute atomic E-state index is 3.41. The molecule has 1 aliphatic rings. The lowest BCUT2D eigenvalue weighted by molar-refractivity contribution is 0.0957. The highest BCUT2D eigenvalue weighted by molar-refractivity contribution is 5.04. The molecule has 0 radical (unpaired) electrons. The van der Waals surface area contributed by atoms with Crippen LogP contribution in [0.1, 0.15) is 26.0 Å². The van der Waals surface area contributed by atoms with Gasteiger partial charge in [-0.25, -0.2) is 0 Å². The van der Waals surface area contributed by atoms with Crippen molar-refractivity contribution < 1.29 is 0 Å². The number of rotatable bonds is 4. The fraction of sp³-hybridized carbons (Fsp3) is 0.692. The van der Waals surface area contributed by atoms with E-state index in [-0.39, 0.29) is 0 Å². The second kappa shape index (κ2) is 5.02. The Morgan fingerprint density at radius 3 is 2.69 bits per heavy atom. The number of piperazine rings is 1. The van der Waals surface area contributed by atoms with Gasteiger partial charge in [-0.05, 0) is 38.8 Å². The third-order valence-corrected chi connectivity index (χ3v) is 3.64. The molecule has 1 aromatic heterocycles. The maximum Gasteiger partial charge on any atom is 0.0158 e. The molecule has 0 aliphatic carbocycles. The van der Waals surface area contributed by atoms with E-state index in [9.17, 15) is 0 Å². The van der Waals surface area contributed by atoms with E-state index in [2.05, 4.69) is 41.2 Å². The molecule has 3 nitrogen and oxygen atoms in total. The van der Waals surface area contributed by atoms with Crippen molar-refractivity contribution in [2.24, 2.45) is 0 Å². The Morgan fingerprint density at radius 1 is 1.31 bits per heavy atom. The zero-order valence-corrected chi connectivity index (χ0v) is 10.4. The molecule has 0 aromatic carbocycles. The van der Waals surface area contributed by atoms with Crippen molar-refractivity contribution in [1.29, 1.82) is 0 Å². The van der Waals surface area contributed by atoms with Gasteiger partial charge in [0.05, 0.1) is 0 Å². The Bertz CT molecular complexity index is 297. The first-order valence-corrected chi connectivity index (χ1v) is 6.26. The number of hydrogen-bond donors (Lipinski definition) is 2. The van der Waals surface area contributed by atoms with E-state index in [1.54, 1.807) is 0 Å². The molecule has 0 amide bonds. The summed E-state index contributed by atoms with van der Waals surface area (Å²) in [5, 5.41) is 3.41. The van der Waals surface area contributed by atoms with E-state index in [1.807, 2.05) is 6.20 Å². The van der Waals surface area contributed by atoms with Gasteiger partial charge in [0.15, 0.2) is 0 Å². The summed E-state index contributed by atoms with van der Waals surface area (Å²) in [7, 11) is 0. The average molecular weight is 221 g/mol. The van der Waals surface area contributed by atoms with Crippen LogP contribution < -0.4 is 5.32 Å². The molecule has 0 spiro atoms. The van der Waals surface area contributed by atoms with Gasteiger partial charge < -0.3 is 10.3 Å². The summed E-state index contributed by atoms with van der Waals surface area (Å²) >= 11 is 0. The monoisotopic (exact) mass is 221 g/mol. The highest BCUT2D eigenvalue weighted by Crippen LogP contribution is 2.21. The summed E-state index contributed by atoms with van der Waals surface area (Å²) in [5.41, 5.74) is 1.66. The van der Waals surface area contributed by atoms with Gasteiger partial charge in [0.1, 0.15) is 0 Å². The molecule has 2 heterocycles. The molecule has 1 aliphatic heterocycles. The lowest BCUT2D eigenvalue weighted by atomic mass is 9.94. The van der Waals surface area contributed by atoms with Crippen LogP contribution in [0.3, 0.4) is 0 Å². The molecule has 90 valence electrons. The number of hydrogen-bond acceptors (Lipinski definition) is 2. The Labute approximate surface area is 98.2 Å². The summed E-state index contributed by atoms with van der Waals surface area (Å²) in [6.07, 6.45) is 4.37. The SMILES string of the molecule is CC(C)(CCc1ccc[nH]1)N1CCNCC1. The van der Waals surface area contributed by atoms with E-state index < -0.39 is 0 Å². The van der Waals surface area contributed by atoms with Crippen molar-refractivity contribution in [3.63, 3.8) is 0 Å². The van der Waals surface area contributed by atoms with E-state index in [0.29, 0.717) is 5.54 Å². The zero-order chi connectivity index (χ0) is 11.4. The number of H-pyrrole nitrogens is 1. The van der Waals surface area contributed by atoms with E-state index >= 15 is 0 Å². The minimum atomic E-state index is 0.313. The number of aryl methyl sites for hydroxylation is 1. The molecular weight excluding hydrogens is 198 g/mol. The van der Waals surface area contributed by atoms with Crippen LogP contribution in [0, 0.1) is 0 Å². The molecule has 2 rings (SSSR count). The predicted molar refractivity (Wildman–Crippen MR) is 67.6 cm³/mol. The summed E-state index contributed by atoms with van der Waals surface area (Å²) in [5.74, 6) is 0. The van der Waals surface area contributed by atoms with Gasteiger partial charge >= 0.3 is 0 Å². The molecule has 2 N–H and O–H groups in total. The van der Waals surface area contributed by atoms with Gasteiger partial charge in [-0.15, -0.1) is 0 Å². The Kier molecular flexibility index (Phi) is 3.66. The first-order chi connectivity index (χ1) is 7.68. The summed E-state index contributed by atoms with van der Waals surface area (Å²) < 4.78 is 0. The first-order valence-electron chi connectivity index (χ1n) is 6.26. The minimum absolute atomic E-state index is 0.313. The second-order valence-electron chi connectivity index (χ2n) is 5.24. The lowest BCUT2D eigenvalue weighted by Crippen LogP contribution is -2.53. The van der Waals surface area contributed by atoms with Crippen LogP contribution in [0.4, 0.5) is 0 Å². The summed E-state index contributed by atoms with van der Waals surface area (Å²) in [4.78, 5) is 5.89. The van der Waals surface area contributed by atoms with Crippen LogP contribution in [-0.4, -0.2) is 41.6 Å². The molecular formula is C13H23N3. The van der Waals surface area contributed by atoms with E-state index in [0.717, 1.165) is 19.5 Å². The maximum atomic E-state index is 3.41. The quantitative estimate of drug-likeness (QED) is 0.809. The predicted octanol–water partition coefficient (Wildman–Crippen LogP) is 1.63. The number of aromatic nitrogens is 1. The molecule has 1 saturated heterocycles. The lowest BCUT2D eigenvalue weighted by Gasteiger charge is -2.41. The highest BCUT2D eigenvalue weighted by atomic mass is 15.2. The van der Waals surface area contributed by atoms with Crippen LogP contribution in [0.5, 0.6) is 0 Å². The topological polar surface area (TPSA) is 31.1 Å². The molecule has 1 aromatic rings. The van der Waals surface area contributed by atoms with Crippen molar-refractivity contribution in [2.75, 3.05) is 26.2 Å². The van der Waals surface area contributed by atoms with Crippen molar-refractivity contribution in [1.82, 2.24) is 15.2 Å². The van der Waals surface area contributed by atoms with E-state index in [1.165, 1.54) is 25.2 Å². The molecule has 0 bridgehead atoms. The van der Waals surface area contributed by atoms with Gasteiger partial charge in [0, 0.05) is 43.6 Å². The normalized spacial score (nSPS) is 18.9. The Hall–Kier alpha value is -0.800. The van der Waals surface area contributed by atoms with Crippen LogP contribution in [0.2, 0.25) is 0 Å². The van der Waals surface area contributed by atoms with Crippen molar-refractivity contribution in [2.45, 2.75) is 32.2 Å². The van der Waals surface area contributed by atoms with Gasteiger partial charge in [-0.3, -0.25) is 4.90 Å². The molecule has 3 heteroatoms. The molecule has 0 atom stereocenters. The van der Waals surface area contributed by atoms with Crippen molar-refractivity contribution >= 4 is 0 Å². The molecule has 0 saturated carbocycles. The van der Waals surface area contributed by atoms with Crippen molar-refractivity contribution in [3.8, 4) is 0 Å². The summed E-state index contributed by atoms with van der Waals surface area (Å²) in [6, 6.07) is 4.25. The third-order valence-electron chi connectivity index (χ3n) is 3.64. The van der Waals surface area contributed by atoms with E-state index in [4.69, 9.17) is 0 Å². The number of nitrogens with one attached hydrogen (secondary N) is 2.